The van der Waals surface area contributed by atoms with Gasteiger partial charge in [0.05, 0.1) is 31.6 Å². The van der Waals surface area contributed by atoms with Crippen molar-refractivity contribution in [2.45, 2.75) is 12.6 Å². The first-order valence-corrected chi connectivity index (χ1v) is 9.87. The highest BCUT2D eigenvalue weighted by Gasteiger charge is 2.35. The van der Waals surface area contributed by atoms with E-state index < -0.39 is 30.4 Å². The lowest BCUT2D eigenvalue weighted by atomic mass is 10.2. The zero-order chi connectivity index (χ0) is 22.9. The van der Waals surface area contributed by atoms with E-state index >= 15 is 0 Å². The number of benzene rings is 1. The van der Waals surface area contributed by atoms with Crippen LogP contribution in [-0.4, -0.2) is 55.4 Å². The van der Waals surface area contributed by atoms with Crippen LogP contribution in [0.1, 0.15) is 5.56 Å². The molecule has 1 amide bonds. The molecular weight excluding hydrogens is 438 g/mol. The number of amides is 1. The van der Waals surface area contributed by atoms with Crippen LogP contribution in [0, 0.1) is 11.6 Å². The fraction of sp³-hybridized carbons (Fsp3) is 0.190. The maximum Gasteiger partial charge on any atom is 0.416 e. The van der Waals surface area contributed by atoms with E-state index in [4.69, 9.17) is 9.26 Å². The van der Waals surface area contributed by atoms with Crippen LogP contribution in [-0.2, 0) is 11.3 Å². The average molecular weight is 454 g/mol. The van der Waals surface area contributed by atoms with Gasteiger partial charge in [-0.05, 0) is 12.1 Å². The molecule has 5 rings (SSSR count). The van der Waals surface area contributed by atoms with Gasteiger partial charge in [0, 0.05) is 11.6 Å². The topological polar surface area (TPSA) is 119 Å². The van der Waals surface area contributed by atoms with Gasteiger partial charge < -0.3 is 14.4 Å². The summed E-state index contributed by atoms with van der Waals surface area (Å²) in [5.74, 6) is -1.50. The Bertz CT molecular complexity index is 1310. The first kappa shape index (κ1) is 20.7. The fourth-order valence-electron chi connectivity index (χ4n) is 3.45. The minimum Gasteiger partial charge on any atom is -0.441 e. The number of halogens is 2. The number of carbonyl (C=O) groups is 1. The predicted octanol–water partition coefficient (Wildman–Crippen LogP) is 2.64. The van der Waals surface area contributed by atoms with E-state index in [2.05, 4.69) is 20.2 Å². The number of aromatic nitrogens is 5. The summed E-state index contributed by atoms with van der Waals surface area (Å²) in [7, 11) is 0. The van der Waals surface area contributed by atoms with Crippen molar-refractivity contribution in [1.29, 1.82) is 0 Å². The maximum absolute atomic E-state index is 14.5. The molecule has 1 saturated heterocycles. The Labute approximate surface area is 185 Å². The summed E-state index contributed by atoms with van der Waals surface area (Å²) in [6.07, 6.45) is 0.696. The molecule has 168 valence electrons. The van der Waals surface area contributed by atoms with Gasteiger partial charge in [-0.1, -0.05) is 23.4 Å². The molecule has 4 heterocycles. The van der Waals surface area contributed by atoms with Gasteiger partial charge in [-0.15, -0.1) is 0 Å². The SMILES string of the molecule is O=C1OC(CO)CN1c1nc(-c2cc(-c3ccon3)n(Cc3ccccc3F)n2)ncc1F. The molecular formula is C21H16F2N6O4. The number of hydrogen-bond donors (Lipinski definition) is 1. The van der Waals surface area contributed by atoms with Crippen molar-refractivity contribution in [1.82, 2.24) is 24.9 Å². The van der Waals surface area contributed by atoms with Crippen molar-refractivity contribution in [3.05, 3.63) is 66.1 Å². The van der Waals surface area contributed by atoms with Crippen LogP contribution in [0.25, 0.3) is 22.9 Å². The van der Waals surface area contributed by atoms with Gasteiger partial charge in [0.2, 0.25) is 0 Å². The molecule has 1 aliphatic rings. The second-order valence-electron chi connectivity index (χ2n) is 7.21. The first-order chi connectivity index (χ1) is 16.0. The van der Waals surface area contributed by atoms with E-state index in [0.717, 1.165) is 11.1 Å². The highest BCUT2D eigenvalue weighted by atomic mass is 19.1. The van der Waals surface area contributed by atoms with Crippen molar-refractivity contribution in [2.75, 3.05) is 18.1 Å². The third-order valence-electron chi connectivity index (χ3n) is 5.05. The van der Waals surface area contributed by atoms with Crippen LogP contribution in [0.15, 0.2) is 53.4 Å². The molecule has 1 unspecified atom stereocenters. The highest BCUT2D eigenvalue weighted by molar-refractivity contribution is 5.89. The molecule has 33 heavy (non-hydrogen) atoms. The highest BCUT2D eigenvalue weighted by Crippen LogP contribution is 2.28. The summed E-state index contributed by atoms with van der Waals surface area (Å²) in [5.41, 5.74) is 1.59. The molecule has 4 aromatic rings. The summed E-state index contributed by atoms with van der Waals surface area (Å²) in [4.78, 5) is 21.2. The van der Waals surface area contributed by atoms with Gasteiger partial charge >= 0.3 is 6.09 Å². The predicted molar refractivity (Wildman–Crippen MR) is 109 cm³/mol. The number of hydrogen-bond acceptors (Lipinski definition) is 8. The van der Waals surface area contributed by atoms with Crippen LogP contribution < -0.4 is 4.90 Å². The summed E-state index contributed by atoms with van der Waals surface area (Å²) in [5, 5.41) is 17.6. The molecule has 1 N–H and O–H groups in total. The fourth-order valence-corrected chi connectivity index (χ4v) is 3.45. The third-order valence-corrected chi connectivity index (χ3v) is 5.05. The Hall–Kier alpha value is -4.19. The molecule has 0 saturated carbocycles. The normalized spacial score (nSPS) is 15.8. The van der Waals surface area contributed by atoms with Crippen molar-refractivity contribution in [3.63, 3.8) is 0 Å². The Morgan fingerprint density at radius 1 is 1.15 bits per heavy atom. The molecule has 1 fully saturated rings. The standard InChI is InChI=1S/C21H16F2N6O4/c22-14-4-2-1-3-12(14)9-29-18(16-5-6-32-27-16)7-17(26-29)19-24-8-15(23)20(25-19)28-10-13(11-30)33-21(28)31/h1-8,13,30H,9-11H2. The molecule has 1 atom stereocenters. The zero-order valence-electron chi connectivity index (χ0n) is 16.9. The van der Waals surface area contributed by atoms with Crippen LogP contribution in [0.4, 0.5) is 19.4 Å². The van der Waals surface area contributed by atoms with E-state index in [1.165, 1.54) is 17.0 Å². The molecule has 0 spiro atoms. The van der Waals surface area contributed by atoms with E-state index in [9.17, 15) is 18.7 Å². The van der Waals surface area contributed by atoms with Gasteiger partial charge in [-0.25, -0.2) is 23.5 Å². The number of carbonyl (C=O) groups excluding carboxylic acids is 1. The van der Waals surface area contributed by atoms with Crippen molar-refractivity contribution in [3.8, 4) is 22.9 Å². The van der Waals surface area contributed by atoms with Crippen molar-refractivity contribution >= 4 is 11.9 Å². The third kappa shape index (κ3) is 3.91. The molecule has 1 aliphatic heterocycles. The lowest BCUT2D eigenvalue weighted by Crippen LogP contribution is -2.27. The largest absolute Gasteiger partial charge is 0.441 e. The average Bonchev–Trinajstić information content (AvgIpc) is 3.56. The number of aliphatic hydroxyl groups excluding tert-OH is 1. The van der Waals surface area contributed by atoms with E-state index in [0.29, 0.717) is 17.0 Å². The van der Waals surface area contributed by atoms with E-state index in [-0.39, 0.29) is 30.4 Å². The first-order valence-electron chi connectivity index (χ1n) is 9.87. The molecule has 3 aromatic heterocycles. The molecule has 12 heteroatoms. The number of aliphatic hydroxyl groups is 1. The maximum atomic E-state index is 14.5. The van der Waals surface area contributed by atoms with Crippen LogP contribution in [0.2, 0.25) is 0 Å². The Balaban J connectivity index is 1.55. The van der Waals surface area contributed by atoms with Crippen LogP contribution >= 0.6 is 0 Å². The van der Waals surface area contributed by atoms with E-state index in [1.807, 2.05) is 0 Å². The number of anilines is 1. The van der Waals surface area contributed by atoms with Crippen LogP contribution in [0.5, 0.6) is 0 Å². The summed E-state index contributed by atoms with van der Waals surface area (Å²) in [6, 6.07) is 9.50. The quantitative estimate of drug-likeness (QED) is 0.472. The molecule has 10 nitrogen and oxygen atoms in total. The zero-order valence-corrected chi connectivity index (χ0v) is 16.9. The lowest BCUT2D eigenvalue weighted by Gasteiger charge is -2.12. The molecule has 0 aliphatic carbocycles. The van der Waals surface area contributed by atoms with Crippen molar-refractivity contribution < 1.29 is 27.9 Å². The minimum absolute atomic E-state index is 0.0312. The Morgan fingerprint density at radius 3 is 2.73 bits per heavy atom. The summed E-state index contributed by atoms with van der Waals surface area (Å²) in [6.45, 7) is -0.377. The Morgan fingerprint density at radius 2 is 2.00 bits per heavy atom. The smallest absolute Gasteiger partial charge is 0.416 e. The van der Waals surface area contributed by atoms with Crippen LogP contribution in [0.3, 0.4) is 0 Å². The monoisotopic (exact) mass is 454 g/mol. The Kier molecular flexibility index (Phi) is 5.26. The summed E-state index contributed by atoms with van der Waals surface area (Å²) < 4.78 is 40.1. The van der Waals surface area contributed by atoms with E-state index in [1.54, 1.807) is 30.3 Å². The second kappa shape index (κ2) is 8.39. The lowest BCUT2D eigenvalue weighted by molar-refractivity contribution is 0.0963. The van der Waals surface area contributed by atoms with Gasteiger partial charge in [-0.2, -0.15) is 5.10 Å². The van der Waals surface area contributed by atoms with Gasteiger partial charge in [0.1, 0.15) is 29.6 Å². The molecule has 0 radical (unpaired) electrons. The van der Waals surface area contributed by atoms with Gasteiger partial charge in [0.25, 0.3) is 0 Å². The number of ether oxygens (including phenoxy) is 1. The van der Waals surface area contributed by atoms with Gasteiger partial charge in [-0.3, -0.25) is 9.58 Å². The number of cyclic esters (lactones) is 1. The second-order valence-corrected chi connectivity index (χ2v) is 7.21. The molecule has 0 bridgehead atoms. The summed E-state index contributed by atoms with van der Waals surface area (Å²) >= 11 is 0. The van der Waals surface area contributed by atoms with Gasteiger partial charge in [0.15, 0.2) is 17.5 Å². The van der Waals surface area contributed by atoms with Crippen molar-refractivity contribution in [2.24, 2.45) is 0 Å². The minimum atomic E-state index is -0.836. The number of nitrogens with zero attached hydrogens (tertiary/aromatic N) is 6. The molecule has 1 aromatic carbocycles. The number of rotatable bonds is 6.